The Labute approximate surface area is 369 Å². The van der Waals surface area contributed by atoms with Crippen molar-refractivity contribution in [3.63, 3.8) is 0 Å². The predicted molar refractivity (Wildman–Crippen MR) is 263 cm³/mol. The lowest BCUT2D eigenvalue weighted by atomic mass is 9.67. The molecule has 0 aromatic heterocycles. The minimum atomic E-state index is -0.450. The molecule has 0 N–H and O–H groups in total. The van der Waals surface area contributed by atoms with E-state index in [2.05, 4.69) is 243 Å². The van der Waals surface area contributed by atoms with Crippen molar-refractivity contribution >= 4 is 27.8 Å². The highest BCUT2D eigenvalue weighted by molar-refractivity contribution is 6.19. The Kier molecular flexibility index (Phi) is 7.64. The Morgan fingerprint density at radius 2 is 0.857 bits per heavy atom. The summed E-state index contributed by atoms with van der Waals surface area (Å²) in [6.07, 6.45) is 0. The molecule has 63 heavy (non-hydrogen) atoms. The molecule has 0 radical (unpaired) electrons. The number of nitrogens with zero attached hydrogens (tertiary/aromatic N) is 1. The molecule has 1 nitrogen and oxygen atoms in total. The second-order valence-electron chi connectivity index (χ2n) is 17.9. The molecule has 3 aliphatic rings. The fraction of sp³-hybridized carbons (Fsp3) is 0.0645. The Balaban J connectivity index is 1.01. The molecule has 3 aliphatic carbocycles. The van der Waals surface area contributed by atoms with Gasteiger partial charge in [-0.2, -0.15) is 0 Å². The van der Waals surface area contributed by atoms with Crippen LogP contribution in [0.3, 0.4) is 0 Å². The number of fused-ring (bicyclic) bond motifs is 9. The van der Waals surface area contributed by atoms with Crippen molar-refractivity contribution < 1.29 is 0 Å². The highest BCUT2D eigenvalue weighted by atomic mass is 15.1. The third kappa shape index (κ3) is 4.94. The van der Waals surface area contributed by atoms with Crippen molar-refractivity contribution in [1.29, 1.82) is 0 Å². The average Bonchev–Trinajstić information content (AvgIpc) is 3.92. The van der Waals surface area contributed by atoms with E-state index in [1.807, 2.05) is 0 Å². The van der Waals surface area contributed by atoms with Crippen molar-refractivity contribution in [2.45, 2.75) is 24.7 Å². The van der Waals surface area contributed by atoms with Gasteiger partial charge in [0.2, 0.25) is 0 Å². The summed E-state index contributed by atoms with van der Waals surface area (Å²) in [5.74, 6) is 0. The first-order valence-electron chi connectivity index (χ1n) is 22.2. The summed E-state index contributed by atoms with van der Waals surface area (Å²) in [6, 6.07) is 83.9. The van der Waals surface area contributed by atoms with Crippen molar-refractivity contribution in [3.8, 4) is 55.6 Å². The van der Waals surface area contributed by atoms with Crippen LogP contribution in [0.15, 0.2) is 224 Å². The fourth-order valence-corrected chi connectivity index (χ4v) is 11.7. The van der Waals surface area contributed by atoms with E-state index >= 15 is 0 Å². The van der Waals surface area contributed by atoms with Gasteiger partial charge in [-0.1, -0.05) is 208 Å². The number of rotatable bonds is 6. The van der Waals surface area contributed by atoms with Gasteiger partial charge < -0.3 is 4.90 Å². The number of hydrogen-bond donors (Lipinski definition) is 0. The van der Waals surface area contributed by atoms with E-state index in [-0.39, 0.29) is 5.41 Å². The Morgan fingerprint density at radius 3 is 1.57 bits per heavy atom. The second-order valence-corrected chi connectivity index (χ2v) is 17.9. The maximum atomic E-state index is 2.53. The van der Waals surface area contributed by atoms with Crippen LogP contribution in [-0.2, 0) is 10.8 Å². The molecule has 0 aliphatic heterocycles. The van der Waals surface area contributed by atoms with Crippen molar-refractivity contribution in [3.05, 3.63) is 258 Å². The normalized spacial score (nSPS) is 14.1. The monoisotopic (exact) mass is 801 g/mol. The van der Waals surface area contributed by atoms with E-state index in [1.54, 1.807) is 0 Å². The fourth-order valence-electron chi connectivity index (χ4n) is 11.7. The van der Waals surface area contributed by atoms with E-state index in [1.165, 1.54) is 111 Å². The maximum Gasteiger partial charge on any atom is 0.0713 e. The molecule has 0 amide bonds. The first-order valence-corrected chi connectivity index (χ1v) is 22.2. The number of benzene rings is 10. The second kappa shape index (κ2) is 13.4. The van der Waals surface area contributed by atoms with E-state index in [9.17, 15) is 0 Å². The molecule has 0 fully saturated rings. The van der Waals surface area contributed by atoms with Gasteiger partial charge in [-0.3, -0.25) is 0 Å². The molecule has 296 valence electrons. The lowest BCUT2D eigenvalue weighted by molar-refractivity contribution is 0.660. The standard InChI is InChI=1S/C62H43N/c1-61(2)53-27-13-12-24-51(53)60-55(61)29-16-30-58(60)63(57-38-37-50-46-22-10-9-21-45(46)49-25-15-26-52(57)59(49)50)44-34-31-40(32-35-44)41-33-36-48-47-23-11-14-28-54(47)62(56(48)39-41,42-17-5-3-6-18-42)43-19-7-4-8-20-43/h3-39H,1-2H3. The van der Waals surface area contributed by atoms with Gasteiger partial charge in [0.25, 0.3) is 0 Å². The van der Waals surface area contributed by atoms with Crippen molar-refractivity contribution in [1.82, 2.24) is 0 Å². The lowest BCUT2D eigenvalue weighted by Gasteiger charge is -2.34. The Hall–Kier alpha value is -7.74. The van der Waals surface area contributed by atoms with Crippen molar-refractivity contribution in [2.75, 3.05) is 4.90 Å². The molecular formula is C62H43N. The molecule has 10 aromatic carbocycles. The van der Waals surface area contributed by atoms with Gasteiger partial charge in [-0.15, -0.1) is 0 Å². The summed E-state index contributed by atoms with van der Waals surface area (Å²) in [4.78, 5) is 2.53. The van der Waals surface area contributed by atoms with E-state index in [0.29, 0.717) is 0 Å². The Morgan fingerprint density at radius 1 is 0.333 bits per heavy atom. The van der Waals surface area contributed by atoms with Crippen LogP contribution >= 0.6 is 0 Å². The maximum absolute atomic E-state index is 2.53. The van der Waals surface area contributed by atoms with Gasteiger partial charge in [0, 0.05) is 22.1 Å². The van der Waals surface area contributed by atoms with E-state index < -0.39 is 5.41 Å². The zero-order valence-corrected chi connectivity index (χ0v) is 35.3. The smallest absolute Gasteiger partial charge is 0.0713 e. The van der Waals surface area contributed by atoms with Crippen LogP contribution in [0.5, 0.6) is 0 Å². The number of hydrogen-bond acceptors (Lipinski definition) is 1. The summed E-state index contributed by atoms with van der Waals surface area (Å²) < 4.78 is 0. The molecule has 0 heterocycles. The third-order valence-electron chi connectivity index (χ3n) is 14.5. The average molecular weight is 802 g/mol. The lowest BCUT2D eigenvalue weighted by Crippen LogP contribution is -2.28. The van der Waals surface area contributed by atoms with Crippen LogP contribution in [0, 0.1) is 0 Å². The third-order valence-corrected chi connectivity index (χ3v) is 14.5. The molecule has 0 saturated heterocycles. The molecule has 0 saturated carbocycles. The van der Waals surface area contributed by atoms with Gasteiger partial charge in [-0.05, 0) is 119 Å². The van der Waals surface area contributed by atoms with Crippen molar-refractivity contribution in [2.24, 2.45) is 0 Å². The molecule has 0 bridgehead atoms. The summed E-state index contributed by atoms with van der Waals surface area (Å²) in [5.41, 5.74) is 23.7. The molecule has 13 rings (SSSR count). The van der Waals surface area contributed by atoms with Gasteiger partial charge >= 0.3 is 0 Å². The summed E-state index contributed by atoms with van der Waals surface area (Å²) in [7, 11) is 0. The van der Waals surface area contributed by atoms with Crippen LogP contribution in [-0.4, -0.2) is 0 Å². The minimum Gasteiger partial charge on any atom is -0.309 e. The zero-order valence-electron chi connectivity index (χ0n) is 35.3. The van der Waals surface area contributed by atoms with Gasteiger partial charge in [-0.25, -0.2) is 0 Å². The Bertz CT molecular complexity index is 3400. The molecule has 0 spiro atoms. The summed E-state index contributed by atoms with van der Waals surface area (Å²) >= 11 is 0. The summed E-state index contributed by atoms with van der Waals surface area (Å²) in [6.45, 7) is 4.74. The van der Waals surface area contributed by atoms with Crippen LogP contribution in [0.4, 0.5) is 17.1 Å². The van der Waals surface area contributed by atoms with Gasteiger partial charge in [0.05, 0.1) is 16.8 Å². The highest BCUT2D eigenvalue weighted by Crippen LogP contribution is 2.58. The SMILES string of the molecule is CC1(C)c2ccccc2-c2c(N(c3ccc(-c4ccc5c(c4)C(c4ccccc4)(c4ccccc4)c4ccccc4-5)cc3)c3ccc4c5c(cccc35)-c3ccccc3-4)cccc21. The van der Waals surface area contributed by atoms with Crippen LogP contribution in [0.25, 0.3) is 66.4 Å². The predicted octanol–water partition coefficient (Wildman–Crippen LogP) is 16.3. The minimum absolute atomic E-state index is 0.122. The zero-order chi connectivity index (χ0) is 41.9. The van der Waals surface area contributed by atoms with Crippen LogP contribution in [0.2, 0.25) is 0 Å². The summed E-state index contributed by atoms with van der Waals surface area (Å²) in [5, 5.41) is 2.58. The topological polar surface area (TPSA) is 3.24 Å². The quantitative estimate of drug-likeness (QED) is 0.162. The first-order chi connectivity index (χ1) is 31.0. The molecular weight excluding hydrogens is 759 g/mol. The largest absolute Gasteiger partial charge is 0.309 e. The highest BCUT2D eigenvalue weighted by Gasteiger charge is 2.46. The van der Waals surface area contributed by atoms with Crippen LogP contribution in [0.1, 0.15) is 47.2 Å². The van der Waals surface area contributed by atoms with Gasteiger partial charge in [0.1, 0.15) is 0 Å². The molecule has 10 aromatic rings. The van der Waals surface area contributed by atoms with Gasteiger partial charge in [0.15, 0.2) is 0 Å². The number of anilines is 3. The molecule has 0 atom stereocenters. The molecule has 1 heteroatoms. The van der Waals surface area contributed by atoms with E-state index in [4.69, 9.17) is 0 Å². The van der Waals surface area contributed by atoms with E-state index in [0.717, 1.165) is 5.69 Å². The molecule has 0 unspecified atom stereocenters. The first kappa shape index (κ1) is 36.0. The van der Waals surface area contributed by atoms with Crippen LogP contribution < -0.4 is 4.90 Å².